The van der Waals surface area contributed by atoms with Crippen molar-refractivity contribution in [1.29, 1.82) is 0 Å². The SMILES string of the molecule is CCN(CC)c1ccc(C(=O)NCC(C)(C)N2CCOCC2)cn1. The van der Waals surface area contributed by atoms with Crippen molar-refractivity contribution in [2.24, 2.45) is 0 Å². The van der Waals surface area contributed by atoms with Gasteiger partial charge < -0.3 is 15.0 Å². The summed E-state index contributed by atoms with van der Waals surface area (Å²) in [6, 6.07) is 3.76. The molecule has 24 heavy (non-hydrogen) atoms. The normalized spacial score (nSPS) is 16.0. The maximum atomic E-state index is 12.4. The van der Waals surface area contributed by atoms with Crippen LogP contribution in [-0.2, 0) is 4.74 Å². The van der Waals surface area contributed by atoms with Crippen LogP contribution in [0, 0.1) is 0 Å². The van der Waals surface area contributed by atoms with Gasteiger partial charge in [-0.2, -0.15) is 0 Å². The summed E-state index contributed by atoms with van der Waals surface area (Å²) in [6.07, 6.45) is 1.66. The molecule has 1 aliphatic rings. The maximum Gasteiger partial charge on any atom is 0.252 e. The molecule has 0 atom stereocenters. The highest BCUT2D eigenvalue weighted by molar-refractivity contribution is 5.94. The van der Waals surface area contributed by atoms with Crippen molar-refractivity contribution in [1.82, 2.24) is 15.2 Å². The van der Waals surface area contributed by atoms with Crippen LogP contribution in [0.5, 0.6) is 0 Å². The molecule has 0 unspecified atom stereocenters. The van der Waals surface area contributed by atoms with Crippen LogP contribution in [0.1, 0.15) is 38.1 Å². The first-order valence-corrected chi connectivity index (χ1v) is 8.80. The summed E-state index contributed by atoms with van der Waals surface area (Å²) in [5, 5.41) is 3.04. The van der Waals surface area contributed by atoms with Crippen LogP contribution in [0.4, 0.5) is 5.82 Å². The molecular formula is C18H30N4O2. The molecule has 1 aliphatic heterocycles. The second-order valence-electron chi connectivity index (χ2n) is 6.67. The number of hydrogen-bond acceptors (Lipinski definition) is 5. The number of pyridine rings is 1. The molecule has 6 nitrogen and oxygen atoms in total. The number of ether oxygens (including phenoxy) is 1. The number of nitrogens with one attached hydrogen (secondary N) is 1. The third kappa shape index (κ3) is 4.68. The second-order valence-corrected chi connectivity index (χ2v) is 6.67. The smallest absolute Gasteiger partial charge is 0.252 e. The number of anilines is 1. The minimum atomic E-state index is -0.0893. The van der Waals surface area contributed by atoms with E-state index in [1.54, 1.807) is 6.20 Å². The van der Waals surface area contributed by atoms with Crippen molar-refractivity contribution < 1.29 is 9.53 Å². The standard InChI is InChI=1S/C18H30N4O2/c1-5-21(6-2)16-8-7-15(13-19-16)17(23)20-14-18(3,4)22-9-11-24-12-10-22/h7-8,13H,5-6,9-12,14H2,1-4H3,(H,20,23). The van der Waals surface area contributed by atoms with Crippen LogP contribution in [0.15, 0.2) is 18.3 Å². The van der Waals surface area contributed by atoms with Gasteiger partial charge >= 0.3 is 0 Å². The molecular weight excluding hydrogens is 304 g/mol. The largest absolute Gasteiger partial charge is 0.379 e. The van der Waals surface area contributed by atoms with Gasteiger partial charge in [0.15, 0.2) is 0 Å². The van der Waals surface area contributed by atoms with Crippen LogP contribution < -0.4 is 10.2 Å². The van der Waals surface area contributed by atoms with Crippen molar-refractivity contribution in [2.45, 2.75) is 33.2 Å². The molecule has 6 heteroatoms. The van der Waals surface area contributed by atoms with Gasteiger partial charge in [-0.3, -0.25) is 9.69 Å². The van der Waals surface area contributed by atoms with E-state index in [0.29, 0.717) is 12.1 Å². The van der Waals surface area contributed by atoms with E-state index in [2.05, 4.69) is 47.8 Å². The lowest BCUT2D eigenvalue weighted by Gasteiger charge is -2.40. The molecule has 0 bridgehead atoms. The van der Waals surface area contributed by atoms with Gasteiger partial charge in [0.25, 0.3) is 5.91 Å². The minimum Gasteiger partial charge on any atom is -0.379 e. The summed E-state index contributed by atoms with van der Waals surface area (Å²) in [5.74, 6) is 0.833. The highest BCUT2D eigenvalue weighted by Crippen LogP contribution is 2.16. The summed E-state index contributed by atoms with van der Waals surface area (Å²) >= 11 is 0. The number of morpholine rings is 1. The molecule has 1 aromatic rings. The molecule has 1 fully saturated rings. The Labute approximate surface area is 145 Å². The van der Waals surface area contributed by atoms with E-state index in [0.717, 1.165) is 45.2 Å². The van der Waals surface area contributed by atoms with E-state index in [1.807, 2.05) is 12.1 Å². The number of aromatic nitrogens is 1. The first kappa shape index (κ1) is 18.7. The molecule has 2 rings (SSSR count). The summed E-state index contributed by atoms with van der Waals surface area (Å²) in [4.78, 5) is 21.3. The first-order valence-electron chi connectivity index (χ1n) is 8.80. The Bertz CT molecular complexity index is 520. The molecule has 0 saturated carbocycles. The Morgan fingerprint density at radius 2 is 1.96 bits per heavy atom. The van der Waals surface area contributed by atoms with Crippen LogP contribution in [-0.4, -0.2) is 67.3 Å². The Morgan fingerprint density at radius 3 is 2.50 bits per heavy atom. The third-order valence-corrected chi connectivity index (χ3v) is 4.65. The van der Waals surface area contributed by atoms with Crippen molar-refractivity contribution in [2.75, 3.05) is 50.8 Å². The molecule has 1 aromatic heterocycles. The highest BCUT2D eigenvalue weighted by Gasteiger charge is 2.28. The molecule has 1 amide bonds. The molecule has 1 saturated heterocycles. The van der Waals surface area contributed by atoms with Gasteiger partial charge in [0.05, 0.1) is 18.8 Å². The van der Waals surface area contributed by atoms with Crippen LogP contribution >= 0.6 is 0 Å². The number of carbonyl (C=O) groups excluding carboxylic acids is 1. The zero-order valence-electron chi connectivity index (χ0n) is 15.3. The molecule has 0 aromatic carbocycles. The van der Waals surface area contributed by atoms with Gasteiger partial charge in [-0.05, 0) is 39.8 Å². The van der Waals surface area contributed by atoms with Gasteiger partial charge in [0, 0.05) is 44.5 Å². The van der Waals surface area contributed by atoms with E-state index in [4.69, 9.17) is 4.74 Å². The van der Waals surface area contributed by atoms with Gasteiger partial charge in [-0.1, -0.05) is 0 Å². The predicted octanol–water partition coefficient (Wildman–Crippen LogP) is 1.77. The van der Waals surface area contributed by atoms with E-state index < -0.39 is 0 Å². The lowest BCUT2D eigenvalue weighted by atomic mass is 10.0. The van der Waals surface area contributed by atoms with Crippen molar-refractivity contribution in [3.63, 3.8) is 0 Å². The summed E-state index contributed by atoms with van der Waals surface area (Å²) in [7, 11) is 0. The third-order valence-electron chi connectivity index (χ3n) is 4.65. The fourth-order valence-electron chi connectivity index (χ4n) is 2.93. The van der Waals surface area contributed by atoms with Gasteiger partial charge in [0.1, 0.15) is 5.82 Å². The predicted molar refractivity (Wildman–Crippen MR) is 96.6 cm³/mol. The van der Waals surface area contributed by atoms with Crippen LogP contribution in [0.2, 0.25) is 0 Å². The lowest BCUT2D eigenvalue weighted by Crippen LogP contribution is -2.55. The van der Waals surface area contributed by atoms with Crippen molar-refractivity contribution in [3.8, 4) is 0 Å². The number of nitrogens with zero attached hydrogens (tertiary/aromatic N) is 3. The minimum absolute atomic E-state index is 0.0741. The van der Waals surface area contributed by atoms with E-state index >= 15 is 0 Å². The maximum absolute atomic E-state index is 12.4. The molecule has 0 spiro atoms. The van der Waals surface area contributed by atoms with E-state index in [9.17, 15) is 4.79 Å². The van der Waals surface area contributed by atoms with E-state index in [-0.39, 0.29) is 11.4 Å². The zero-order chi connectivity index (χ0) is 17.6. The van der Waals surface area contributed by atoms with E-state index in [1.165, 1.54) is 0 Å². The number of rotatable bonds is 7. The fourth-order valence-corrected chi connectivity index (χ4v) is 2.93. The van der Waals surface area contributed by atoms with Gasteiger partial charge in [-0.25, -0.2) is 4.98 Å². The second kappa shape index (κ2) is 8.44. The number of hydrogen-bond donors (Lipinski definition) is 1. The molecule has 134 valence electrons. The Hall–Kier alpha value is -1.66. The molecule has 1 N–H and O–H groups in total. The zero-order valence-corrected chi connectivity index (χ0v) is 15.3. The summed E-state index contributed by atoms with van der Waals surface area (Å²) in [6.45, 7) is 14.2. The van der Waals surface area contributed by atoms with Gasteiger partial charge in [0.2, 0.25) is 0 Å². The highest BCUT2D eigenvalue weighted by atomic mass is 16.5. The molecule has 0 radical (unpaired) electrons. The monoisotopic (exact) mass is 334 g/mol. The molecule has 0 aliphatic carbocycles. The Morgan fingerprint density at radius 1 is 1.29 bits per heavy atom. The Balaban J connectivity index is 1.92. The lowest BCUT2D eigenvalue weighted by molar-refractivity contribution is -0.00923. The summed E-state index contributed by atoms with van der Waals surface area (Å²) in [5.41, 5.74) is 0.511. The summed E-state index contributed by atoms with van der Waals surface area (Å²) < 4.78 is 5.40. The Kier molecular flexibility index (Phi) is 6.57. The van der Waals surface area contributed by atoms with Gasteiger partial charge in [-0.15, -0.1) is 0 Å². The quantitative estimate of drug-likeness (QED) is 0.823. The molecule has 2 heterocycles. The topological polar surface area (TPSA) is 57.7 Å². The first-order chi connectivity index (χ1) is 11.5. The van der Waals surface area contributed by atoms with Crippen molar-refractivity contribution in [3.05, 3.63) is 23.9 Å². The average molecular weight is 334 g/mol. The van der Waals surface area contributed by atoms with Crippen LogP contribution in [0.25, 0.3) is 0 Å². The fraction of sp³-hybridized carbons (Fsp3) is 0.667. The average Bonchev–Trinajstić information content (AvgIpc) is 2.62. The van der Waals surface area contributed by atoms with Crippen LogP contribution in [0.3, 0.4) is 0 Å². The number of carbonyl (C=O) groups is 1. The number of amides is 1. The van der Waals surface area contributed by atoms with Crippen molar-refractivity contribution >= 4 is 11.7 Å².